The van der Waals surface area contributed by atoms with Gasteiger partial charge in [0.05, 0.1) is 0 Å². The maximum atomic E-state index is 10.2. The molecule has 2 N–H and O–H groups in total. The summed E-state index contributed by atoms with van der Waals surface area (Å²) in [6, 6.07) is -0.0417. The molecular weight excluding hydrogens is 142 g/mol. The summed E-state index contributed by atoms with van der Waals surface area (Å²) in [5.41, 5.74) is 0. The molecule has 2 unspecified atom stereocenters. The predicted molar refractivity (Wildman–Crippen MR) is 42.3 cm³/mol. The van der Waals surface area contributed by atoms with E-state index in [9.17, 15) is 4.79 Å². The SMILES string of the molecule is CNC(CC1CC1)C(O)C=O. The Bertz CT molecular complexity index is 134. The van der Waals surface area contributed by atoms with Gasteiger partial charge in [-0.1, -0.05) is 12.8 Å². The highest BCUT2D eigenvalue weighted by atomic mass is 16.3. The Morgan fingerprint density at radius 1 is 1.73 bits per heavy atom. The quantitative estimate of drug-likeness (QED) is 0.549. The fourth-order valence-electron chi connectivity index (χ4n) is 1.24. The number of hydrogen-bond acceptors (Lipinski definition) is 3. The third kappa shape index (κ3) is 2.60. The summed E-state index contributed by atoms with van der Waals surface area (Å²) < 4.78 is 0. The highest BCUT2D eigenvalue weighted by molar-refractivity contribution is 5.56. The van der Waals surface area contributed by atoms with Gasteiger partial charge in [0.15, 0.2) is 0 Å². The van der Waals surface area contributed by atoms with Crippen molar-refractivity contribution in [2.75, 3.05) is 7.05 Å². The molecule has 0 amide bonds. The van der Waals surface area contributed by atoms with Crippen molar-refractivity contribution >= 4 is 6.29 Å². The minimum Gasteiger partial charge on any atom is -0.384 e. The van der Waals surface area contributed by atoms with Gasteiger partial charge in [0.1, 0.15) is 12.4 Å². The van der Waals surface area contributed by atoms with Gasteiger partial charge in [-0.3, -0.25) is 0 Å². The highest BCUT2D eigenvalue weighted by Crippen LogP contribution is 2.33. The molecule has 0 aromatic carbocycles. The molecule has 0 spiro atoms. The monoisotopic (exact) mass is 157 g/mol. The maximum absolute atomic E-state index is 10.2. The summed E-state index contributed by atoms with van der Waals surface area (Å²) in [5.74, 6) is 0.738. The number of rotatable bonds is 5. The van der Waals surface area contributed by atoms with Gasteiger partial charge in [-0.15, -0.1) is 0 Å². The molecule has 1 fully saturated rings. The lowest BCUT2D eigenvalue weighted by Crippen LogP contribution is -2.38. The molecule has 3 nitrogen and oxygen atoms in total. The molecule has 0 aromatic heterocycles. The Labute approximate surface area is 66.8 Å². The van der Waals surface area contributed by atoms with E-state index in [0.717, 1.165) is 12.3 Å². The number of hydrogen-bond donors (Lipinski definition) is 2. The Balaban J connectivity index is 2.27. The first-order chi connectivity index (χ1) is 5.27. The molecule has 1 rings (SSSR count). The molecule has 1 aliphatic rings. The van der Waals surface area contributed by atoms with Crippen molar-refractivity contribution in [3.63, 3.8) is 0 Å². The lowest BCUT2D eigenvalue weighted by atomic mass is 10.1. The second-order valence-corrected chi connectivity index (χ2v) is 3.20. The summed E-state index contributed by atoms with van der Waals surface area (Å²) in [5, 5.41) is 12.1. The summed E-state index contributed by atoms with van der Waals surface area (Å²) in [6.07, 6.45) is 3.20. The van der Waals surface area contributed by atoms with Crippen LogP contribution in [0.25, 0.3) is 0 Å². The Kier molecular flexibility index (Phi) is 3.02. The van der Waals surface area contributed by atoms with Gasteiger partial charge >= 0.3 is 0 Å². The van der Waals surface area contributed by atoms with E-state index in [0.29, 0.717) is 6.29 Å². The van der Waals surface area contributed by atoms with Crippen LogP contribution in [0.2, 0.25) is 0 Å². The van der Waals surface area contributed by atoms with Gasteiger partial charge < -0.3 is 15.2 Å². The molecule has 0 bridgehead atoms. The van der Waals surface area contributed by atoms with E-state index in [1.54, 1.807) is 7.05 Å². The Morgan fingerprint density at radius 2 is 2.36 bits per heavy atom. The molecule has 2 atom stereocenters. The number of likely N-dealkylation sites (N-methyl/N-ethyl adjacent to an activating group) is 1. The number of aliphatic hydroxyl groups excluding tert-OH is 1. The van der Waals surface area contributed by atoms with Gasteiger partial charge in [-0.2, -0.15) is 0 Å². The summed E-state index contributed by atoms with van der Waals surface area (Å²) in [6.45, 7) is 0. The molecule has 0 saturated heterocycles. The number of carbonyl (C=O) groups is 1. The third-order valence-electron chi connectivity index (χ3n) is 2.21. The van der Waals surface area contributed by atoms with Crippen molar-refractivity contribution in [1.29, 1.82) is 0 Å². The van der Waals surface area contributed by atoms with Crippen LogP contribution in [-0.4, -0.2) is 30.6 Å². The van der Waals surface area contributed by atoms with Crippen LogP contribution in [0, 0.1) is 5.92 Å². The minimum atomic E-state index is -0.833. The van der Waals surface area contributed by atoms with E-state index < -0.39 is 6.10 Å². The van der Waals surface area contributed by atoms with E-state index in [-0.39, 0.29) is 6.04 Å². The van der Waals surface area contributed by atoms with Gasteiger partial charge in [-0.05, 0) is 19.4 Å². The summed E-state index contributed by atoms with van der Waals surface area (Å²) >= 11 is 0. The van der Waals surface area contributed by atoms with E-state index >= 15 is 0 Å². The normalized spacial score (nSPS) is 22.7. The van der Waals surface area contributed by atoms with Crippen molar-refractivity contribution in [3.05, 3.63) is 0 Å². The summed E-state index contributed by atoms with van der Waals surface area (Å²) in [4.78, 5) is 10.2. The highest BCUT2D eigenvalue weighted by Gasteiger charge is 2.27. The van der Waals surface area contributed by atoms with Crippen LogP contribution < -0.4 is 5.32 Å². The smallest absolute Gasteiger partial charge is 0.150 e. The second kappa shape index (κ2) is 3.83. The first-order valence-electron chi connectivity index (χ1n) is 4.08. The molecule has 1 saturated carbocycles. The topological polar surface area (TPSA) is 49.3 Å². The van der Waals surface area contributed by atoms with E-state index in [1.165, 1.54) is 12.8 Å². The fourth-order valence-corrected chi connectivity index (χ4v) is 1.24. The average molecular weight is 157 g/mol. The number of aliphatic hydroxyl groups is 1. The van der Waals surface area contributed by atoms with Gasteiger partial charge in [0.2, 0.25) is 0 Å². The largest absolute Gasteiger partial charge is 0.384 e. The molecule has 3 heteroatoms. The number of nitrogens with one attached hydrogen (secondary N) is 1. The zero-order chi connectivity index (χ0) is 8.27. The average Bonchev–Trinajstić information content (AvgIpc) is 2.82. The van der Waals surface area contributed by atoms with Crippen molar-refractivity contribution in [3.8, 4) is 0 Å². The predicted octanol–water partition coefficient (Wildman–Crippen LogP) is -0.0657. The van der Waals surface area contributed by atoms with Gasteiger partial charge in [0.25, 0.3) is 0 Å². The van der Waals surface area contributed by atoms with Crippen molar-refractivity contribution in [1.82, 2.24) is 5.32 Å². The molecular formula is C8H15NO2. The molecule has 1 aliphatic carbocycles. The van der Waals surface area contributed by atoms with Crippen LogP contribution in [0.1, 0.15) is 19.3 Å². The van der Waals surface area contributed by atoms with Crippen LogP contribution >= 0.6 is 0 Å². The first kappa shape index (κ1) is 8.68. The standard InChI is InChI=1S/C8H15NO2/c1-9-7(8(11)5-10)4-6-2-3-6/h5-9,11H,2-4H2,1H3. The van der Waals surface area contributed by atoms with E-state index in [4.69, 9.17) is 5.11 Å². The third-order valence-corrected chi connectivity index (χ3v) is 2.21. The first-order valence-corrected chi connectivity index (χ1v) is 4.08. The molecule has 0 aliphatic heterocycles. The summed E-state index contributed by atoms with van der Waals surface area (Å²) in [7, 11) is 1.78. The van der Waals surface area contributed by atoms with E-state index in [1.807, 2.05) is 0 Å². The fraction of sp³-hybridized carbons (Fsp3) is 0.875. The number of aldehydes is 1. The van der Waals surface area contributed by atoms with Crippen molar-refractivity contribution in [2.45, 2.75) is 31.4 Å². The maximum Gasteiger partial charge on any atom is 0.150 e. The van der Waals surface area contributed by atoms with Crippen LogP contribution in [0.15, 0.2) is 0 Å². The van der Waals surface area contributed by atoms with Crippen molar-refractivity contribution in [2.24, 2.45) is 5.92 Å². The van der Waals surface area contributed by atoms with Crippen molar-refractivity contribution < 1.29 is 9.90 Å². The van der Waals surface area contributed by atoms with Gasteiger partial charge in [-0.25, -0.2) is 0 Å². The second-order valence-electron chi connectivity index (χ2n) is 3.20. The lowest BCUT2D eigenvalue weighted by Gasteiger charge is -2.17. The molecule has 11 heavy (non-hydrogen) atoms. The molecule has 64 valence electrons. The number of carbonyl (C=O) groups excluding carboxylic acids is 1. The van der Waals surface area contributed by atoms with Crippen LogP contribution in [-0.2, 0) is 4.79 Å². The lowest BCUT2D eigenvalue weighted by molar-refractivity contribution is -0.116. The molecule has 0 heterocycles. The molecule has 0 aromatic rings. The minimum absolute atomic E-state index is 0.0417. The van der Waals surface area contributed by atoms with Crippen LogP contribution in [0.3, 0.4) is 0 Å². The zero-order valence-corrected chi connectivity index (χ0v) is 6.79. The Hall–Kier alpha value is -0.410. The van der Waals surface area contributed by atoms with Gasteiger partial charge in [0, 0.05) is 6.04 Å². The molecule has 0 radical (unpaired) electrons. The van der Waals surface area contributed by atoms with Crippen LogP contribution in [0.4, 0.5) is 0 Å². The Morgan fingerprint density at radius 3 is 2.73 bits per heavy atom. The zero-order valence-electron chi connectivity index (χ0n) is 6.79. The van der Waals surface area contributed by atoms with E-state index in [2.05, 4.69) is 5.32 Å². The van der Waals surface area contributed by atoms with Crippen LogP contribution in [0.5, 0.6) is 0 Å².